The minimum atomic E-state index is -4.40. The van der Waals surface area contributed by atoms with Crippen molar-refractivity contribution in [2.24, 2.45) is 0 Å². The van der Waals surface area contributed by atoms with E-state index in [0.29, 0.717) is 23.2 Å². The summed E-state index contributed by atoms with van der Waals surface area (Å²) in [6, 6.07) is 10.8. The number of aryl methyl sites for hydroxylation is 2. The van der Waals surface area contributed by atoms with E-state index in [4.69, 9.17) is 0 Å². The molecule has 170 valence electrons. The molecule has 32 heavy (non-hydrogen) atoms. The normalized spacial score (nSPS) is 11.4. The summed E-state index contributed by atoms with van der Waals surface area (Å²) in [5.74, 6) is 0.580. The number of aromatic nitrogens is 3. The summed E-state index contributed by atoms with van der Waals surface area (Å²) in [5.41, 5.74) is 2.41. The first-order valence-corrected chi connectivity index (χ1v) is 11.0. The third kappa shape index (κ3) is 5.82. The molecule has 3 aromatic rings. The molecule has 0 aliphatic carbocycles. The average molecular weight is 464 g/mol. The van der Waals surface area contributed by atoms with Crippen molar-refractivity contribution in [1.29, 1.82) is 0 Å². The van der Waals surface area contributed by atoms with Crippen LogP contribution in [0.5, 0.6) is 0 Å². The van der Waals surface area contributed by atoms with Crippen LogP contribution in [0, 0.1) is 13.8 Å². The maximum atomic E-state index is 12.9. The van der Waals surface area contributed by atoms with Crippen molar-refractivity contribution in [2.75, 3.05) is 16.4 Å². The highest BCUT2D eigenvalue weighted by Crippen LogP contribution is 2.30. The summed E-state index contributed by atoms with van der Waals surface area (Å²) in [4.78, 5) is 12.4. The first kappa shape index (κ1) is 23.6. The maximum Gasteiger partial charge on any atom is 0.416 e. The maximum absolute atomic E-state index is 12.9. The van der Waals surface area contributed by atoms with Gasteiger partial charge in [0.25, 0.3) is 0 Å². The fourth-order valence-electron chi connectivity index (χ4n) is 3.18. The van der Waals surface area contributed by atoms with Gasteiger partial charge in [-0.2, -0.15) is 13.2 Å². The Hall–Kier alpha value is -3.01. The van der Waals surface area contributed by atoms with Gasteiger partial charge in [0.2, 0.25) is 5.91 Å². The Labute approximate surface area is 188 Å². The van der Waals surface area contributed by atoms with E-state index in [-0.39, 0.29) is 18.2 Å². The molecule has 0 fully saturated rings. The second-order valence-corrected chi connectivity index (χ2v) is 8.12. The minimum Gasteiger partial charge on any atom is -0.378 e. The molecule has 1 heterocycles. The van der Waals surface area contributed by atoms with E-state index in [9.17, 15) is 18.0 Å². The molecule has 2 aromatic carbocycles. The number of anilines is 2. The Morgan fingerprint density at radius 3 is 2.44 bits per heavy atom. The summed E-state index contributed by atoms with van der Waals surface area (Å²) >= 11 is 1.26. The molecule has 0 aliphatic heterocycles. The topological polar surface area (TPSA) is 71.8 Å². The highest BCUT2D eigenvalue weighted by atomic mass is 32.2. The van der Waals surface area contributed by atoms with Gasteiger partial charge < -0.3 is 15.2 Å². The van der Waals surface area contributed by atoms with E-state index in [1.54, 1.807) is 6.07 Å². The van der Waals surface area contributed by atoms with Crippen LogP contribution in [-0.4, -0.2) is 26.4 Å². The van der Waals surface area contributed by atoms with Crippen molar-refractivity contribution < 1.29 is 18.0 Å². The number of rotatable bonds is 8. The van der Waals surface area contributed by atoms with Crippen LogP contribution in [0.2, 0.25) is 0 Å². The molecule has 2 N–H and O–H groups in total. The molecule has 0 aliphatic rings. The van der Waals surface area contributed by atoms with Crippen LogP contribution in [0.4, 0.5) is 24.5 Å². The molecule has 1 amide bonds. The van der Waals surface area contributed by atoms with Crippen molar-refractivity contribution in [3.8, 4) is 0 Å². The van der Waals surface area contributed by atoms with Gasteiger partial charge in [-0.15, -0.1) is 10.2 Å². The highest BCUT2D eigenvalue weighted by molar-refractivity contribution is 7.99. The predicted molar refractivity (Wildman–Crippen MR) is 120 cm³/mol. The van der Waals surface area contributed by atoms with Crippen molar-refractivity contribution in [2.45, 2.75) is 45.2 Å². The minimum absolute atomic E-state index is 0.151. The number of nitrogens with one attached hydrogen (secondary N) is 2. The molecule has 0 bridgehead atoms. The number of carbonyl (C=O) groups excluding carboxylic acids is 1. The Balaban J connectivity index is 1.62. The number of nitrogens with zero attached hydrogens (tertiary/aromatic N) is 3. The van der Waals surface area contributed by atoms with Gasteiger partial charge in [-0.25, -0.2) is 0 Å². The van der Waals surface area contributed by atoms with Crippen LogP contribution < -0.4 is 10.6 Å². The highest BCUT2D eigenvalue weighted by Gasteiger charge is 2.30. The van der Waals surface area contributed by atoms with Gasteiger partial charge in [0.15, 0.2) is 11.0 Å². The molecular weight excluding hydrogens is 439 g/mol. The standard InChI is InChI=1S/C22H24F3N5OS/c1-4-30-18(12-26-17-10-6-9-16(11-17)22(23,24)25)28-29-21(30)32-13-19(31)27-20-14(2)7-5-8-15(20)3/h5-11,26H,4,12-13H2,1-3H3,(H,27,31). The zero-order valence-electron chi connectivity index (χ0n) is 18.0. The van der Waals surface area contributed by atoms with Crippen molar-refractivity contribution in [3.05, 3.63) is 65.0 Å². The number of halogens is 3. The Morgan fingerprint density at radius 2 is 1.78 bits per heavy atom. The number of thioether (sulfide) groups is 1. The Bertz CT molecular complexity index is 1080. The van der Waals surface area contributed by atoms with Gasteiger partial charge in [-0.1, -0.05) is 36.0 Å². The number of hydrogen-bond acceptors (Lipinski definition) is 5. The van der Waals surface area contributed by atoms with Gasteiger partial charge in [-0.05, 0) is 50.1 Å². The largest absolute Gasteiger partial charge is 0.416 e. The summed E-state index contributed by atoms with van der Waals surface area (Å²) in [5, 5.41) is 14.8. The van der Waals surface area contributed by atoms with Crippen LogP contribution in [-0.2, 0) is 24.1 Å². The third-order valence-electron chi connectivity index (χ3n) is 4.83. The monoisotopic (exact) mass is 463 g/mol. The number of amides is 1. The summed E-state index contributed by atoms with van der Waals surface area (Å²) < 4.78 is 40.5. The summed E-state index contributed by atoms with van der Waals surface area (Å²) in [6.45, 7) is 6.56. The van der Waals surface area contributed by atoms with Crippen molar-refractivity contribution in [1.82, 2.24) is 14.8 Å². The van der Waals surface area contributed by atoms with Gasteiger partial charge >= 0.3 is 6.18 Å². The Morgan fingerprint density at radius 1 is 1.09 bits per heavy atom. The summed E-state index contributed by atoms with van der Waals surface area (Å²) in [7, 11) is 0. The lowest BCUT2D eigenvalue weighted by molar-refractivity contribution is -0.137. The van der Waals surface area contributed by atoms with Crippen LogP contribution >= 0.6 is 11.8 Å². The molecule has 0 unspecified atom stereocenters. The fourth-order valence-corrected chi connectivity index (χ4v) is 4.00. The van der Waals surface area contributed by atoms with Crippen molar-refractivity contribution >= 4 is 29.0 Å². The number of benzene rings is 2. The van der Waals surface area contributed by atoms with E-state index < -0.39 is 11.7 Å². The second kappa shape index (κ2) is 10.1. The lowest BCUT2D eigenvalue weighted by atomic mass is 10.1. The molecule has 0 radical (unpaired) electrons. The second-order valence-electron chi connectivity index (χ2n) is 7.18. The van der Waals surface area contributed by atoms with E-state index in [1.165, 1.54) is 17.8 Å². The van der Waals surface area contributed by atoms with Crippen LogP contribution in [0.15, 0.2) is 47.6 Å². The van der Waals surface area contributed by atoms with Gasteiger partial charge in [0.1, 0.15) is 0 Å². The molecule has 1 aromatic heterocycles. The first-order valence-electron chi connectivity index (χ1n) is 10.0. The molecule has 0 spiro atoms. The number of para-hydroxylation sites is 1. The molecule has 10 heteroatoms. The third-order valence-corrected chi connectivity index (χ3v) is 5.79. The van der Waals surface area contributed by atoms with Crippen LogP contribution in [0.25, 0.3) is 0 Å². The fraction of sp³-hybridized carbons (Fsp3) is 0.318. The van der Waals surface area contributed by atoms with Crippen LogP contribution in [0.3, 0.4) is 0 Å². The zero-order chi connectivity index (χ0) is 23.3. The van der Waals surface area contributed by atoms with Crippen molar-refractivity contribution in [3.63, 3.8) is 0 Å². The predicted octanol–water partition coefficient (Wildman–Crippen LogP) is 5.28. The molecule has 0 saturated heterocycles. The quantitative estimate of drug-likeness (QED) is 0.445. The van der Waals surface area contributed by atoms with E-state index in [2.05, 4.69) is 20.8 Å². The molecule has 0 atom stereocenters. The zero-order valence-corrected chi connectivity index (χ0v) is 18.8. The molecule has 3 rings (SSSR count). The van der Waals surface area contributed by atoms with E-state index >= 15 is 0 Å². The summed E-state index contributed by atoms with van der Waals surface area (Å²) in [6.07, 6.45) is -4.40. The lowest BCUT2D eigenvalue weighted by Crippen LogP contribution is -2.16. The Kier molecular flexibility index (Phi) is 7.44. The number of alkyl halides is 3. The van der Waals surface area contributed by atoms with Gasteiger partial charge in [0.05, 0.1) is 17.9 Å². The van der Waals surface area contributed by atoms with E-state index in [1.807, 2.05) is 43.5 Å². The average Bonchev–Trinajstić information content (AvgIpc) is 3.15. The molecule has 6 nitrogen and oxygen atoms in total. The van der Waals surface area contributed by atoms with Gasteiger partial charge in [-0.3, -0.25) is 4.79 Å². The van der Waals surface area contributed by atoms with Gasteiger partial charge in [0, 0.05) is 17.9 Å². The number of carbonyl (C=O) groups is 1. The van der Waals surface area contributed by atoms with Crippen LogP contribution in [0.1, 0.15) is 29.4 Å². The number of hydrogen-bond donors (Lipinski definition) is 2. The molecular formula is C22H24F3N5OS. The SMILES string of the molecule is CCn1c(CNc2cccc(C(F)(F)F)c2)nnc1SCC(=O)Nc1c(C)cccc1C. The lowest BCUT2D eigenvalue weighted by Gasteiger charge is -2.12. The first-order chi connectivity index (χ1) is 15.2. The van der Waals surface area contributed by atoms with E-state index in [0.717, 1.165) is 28.9 Å². The smallest absolute Gasteiger partial charge is 0.378 e. The molecule has 0 saturated carbocycles.